The van der Waals surface area contributed by atoms with Gasteiger partial charge in [0.1, 0.15) is 23.7 Å². The van der Waals surface area contributed by atoms with Gasteiger partial charge < -0.3 is 9.64 Å². The van der Waals surface area contributed by atoms with E-state index in [2.05, 4.69) is 34.5 Å². The van der Waals surface area contributed by atoms with Gasteiger partial charge in [0.2, 0.25) is 0 Å². The van der Waals surface area contributed by atoms with E-state index >= 15 is 0 Å². The molecule has 3 aliphatic rings. The van der Waals surface area contributed by atoms with Crippen molar-refractivity contribution in [2.24, 2.45) is 0 Å². The number of carbonyl (C=O) groups is 3. The topological polar surface area (TPSA) is 79.0 Å². The number of fused-ring (bicyclic) bond motifs is 1. The number of ether oxygens (including phenoxy) is 1. The summed E-state index contributed by atoms with van der Waals surface area (Å²) in [6.07, 6.45) is 3.30. The average Bonchev–Trinajstić information content (AvgIpc) is 3.20. The maximum Gasteiger partial charge on any atom is 0.335 e. The van der Waals surface area contributed by atoms with Crippen LogP contribution in [0.5, 0.6) is 5.75 Å². The van der Waals surface area contributed by atoms with Crippen LogP contribution in [0, 0.1) is 5.82 Å². The third-order valence-corrected chi connectivity index (χ3v) is 10.9. The Labute approximate surface area is 312 Å². The number of hydrogen-bond acceptors (Lipinski definition) is 5. The van der Waals surface area contributed by atoms with Crippen molar-refractivity contribution in [3.05, 3.63) is 178 Å². The maximum absolute atomic E-state index is 14.6. The molecule has 3 heterocycles. The fourth-order valence-electron chi connectivity index (χ4n) is 8.30. The molecule has 6 aromatic carbocycles. The van der Waals surface area contributed by atoms with Gasteiger partial charge in [-0.1, -0.05) is 103 Å². The number of imide groups is 2. The lowest BCUT2D eigenvalue weighted by atomic mass is 9.76. The molecule has 2 atom stereocenters. The zero-order valence-corrected chi connectivity index (χ0v) is 29.4. The van der Waals surface area contributed by atoms with E-state index in [0.717, 1.165) is 64.0 Å². The number of halogens is 1. The fraction of sp³-hybridized carbons (Fsp3) is 0.152. The molecule has 1 saturated heterocycles. The molecule has 0 spiro atoms. The quantitative estimate of drug-likeness (QED) is 0.132. The molecule has 266 valence electrons. The van der Waals surface area contributed by atoms with E-state index in [1.807, 2.05) is 78.9 Å². The number of amides is 4. The van der Waals surface area contributed by atoms with Gasteiger partial charge in [-0.3, -0.25) is 14.9 Å². The summed E-state index contributed by atoms with van der Waals surface area (Å²) >= 11 is 0. The molecule has 0 unspecified atom stereocenters. The number of nitrogens with zero attached hydrogens (tertiary/aromatic N) is 2. The molecular weight excluding hydrogens is 678 g/mol. The molecule has 0 aliphatic carbocycles. The molecular formula is C46H36FN3O4. The smallest absolute Gasteiger partial charge is 0.335 e. The van der Waals surface area contributed by atoms with E-state index in [1.54, 1.807) is 18.2 Å². The summed E-state index contributed by atoms with van der Waals surface area (Å²) in [5.74, 6) is -1.30. The van der Waals surface area contributed by atoms with Crippen LogP contribution in [0.25, 0.3) is 16.8 Å². The second kappa shape index (κ2) is 13.8. The Morgan fingerprint density at radius 1 is 0.722 bits per heavy atom. The first-order valence-corrected chi connectivity index (χ1v) is 18.3. The van der Waals surface area contributed by atoms with Gasteiger partial charge in [-0.05, 0) is 87.8 Å². The number of carbonyl (C=O) groups excluding carboxylic acids is 3. The Balaban J connectivity index is 1.17. The van der Waals surface area contributed by atoms with Crippen LogP contribution >= 0.6 is 0 Å². The standard InChI is InChI=1S/C46H36FN3O4/c47-33-18-15-29(16-19-33)28-54-42-20-17-32-13-7-8-14-35(32)38(42)27-41-44(51)48-46(53)50(45(41)52)34-25-39-36(30-9-3-1-4-10-30)21-23-49-24-22-37(40(26-34)43(39)49)31-11-5-2-6-12-31/h1-20,25-27,36-37H,21-24,28H2,(H,48,51,53)/b41-27+/t36-,37+. The summed E-state index contributed by atoms with van der Waals surface area (Å²) in [4.78, 5) is 45.6. The molecule has 4 amide bonds. The molecule has 0 bridgehead atoms. The van der Waals surface area contributed by atoms with Gasteiger partial charge >= 0.3 is 6.03 Å². The number of benzene rings is 6. The summed E-state index contributed by atoms with van der Waals surface area (Å²) in [7, 11) is 0. The number of barbiturate groups is 1. The molecule has 54 heavy (non-hydrogen) atoms. The summed E-state index contributed by atoms with van der Waals surface area (Å²) in [5.41, 5.74) is 7.14. The van der Waals surface area contributed by atoms with E-state index in [9.17, 15) is 18.8 Å². The number of hydrogen-bond donors (Lipinski definition) is 1. The zero-order chi connectivity index (χ0) is 36.8. The van der Waals surface area contributed by atoms with Crippen molar-refractivity contribution in [1.29, 1.82) is 0 Å². The Hall–Kier alpha value is -6.54. The first kappa shape index (κ1) is 33.3. The maximum atomic E-state index is 14.6. The van der Waals surface area contributed by atoms with Gasteiger partial charge in [0.05, 0.1) is 5.69 Å². The second-order valence-electron chi connectivity index (χ2n) is 14.0. The Kier molecular flexibility index (Phi) is 8.50. The molecule has 3 aliphatic heterocycles. The molecule has 1 N–H and O–H groups in total. The van der Waals surface area contributed by atoms with Gasteiger partial charge in [0, 0.05) is 36.2 Å². The molecule has 9 rings (SSSR count). The largest absolute Gasteiger partial charge is 0.488 e. The van der Waals surface area contributed by atoms with Gasteiger partial charge in [-0.2, -0.15) is 0 Å². The molecule has 0 saturated carbocycles. The Morgan fingerprint density at radius 2 is 1.33 bits per heavy atom. The lowest BCUT2D eigenvalue weighted by Gasteiger charge is -2.44. The van der Waals surface area contributed by atoms with Gasteiger partial charge in [0.15, 0.2) is 0 Å². The van der Waals surface area contributed by atoms with Gasteiger partial charge in [-0.25, -0.2) is 14.1 Å². The van der Waals surface area contributed by atoms with E-state index in [1.165, 1.54) is 29.3 Å². The molecule has 6 aromatic rings. The normalized spacial score (nSPS) is 18.8. The van der Waals surface area contributed by atoms with Crippen molar-refractivity contribution in [3.63, 3.8) is 0 Å². The van der Waals surface area contributed by atoms with Crippen LogP contribution in [-0.4, -0.2) is 30.9 Å². The van der Waals surface area contributed by atoms with Crippen molar-refractivity contribution in [2.75, 3.05) is 22.9 Å². The van der Waals surface area contributed by atoms with Gasteiger partial charge in [-0.15, -0.1) is 0 Å². The van der Waals surface area contributed by atoms with Crippen LogP contribution < -0.4 is 19.9 Å². The van der Waals surface area contributed by atoms with Crippen LogP contribution in [0.1, 0.15) is 58.1 Å². The fourth-order valence-corrected chi connectivity index (χ4v) is 8.30. The highest BCUT2D eigenvalue weighted by Gasteiger charge is 2.41. The number of urea groups is 1. The summed E-state index contributed by atoms with van der Waals surface area (Å²) < 4.78 is 19.8. The van der Waals surface area contributed by atoms with E-state index in [0.29, 0.717) is 17.0 Å². The van der Waals surface area contributed by atoms with Crippen LogP contribution in [0.4, 0.5) is 20.6 Å². The van der Waals surface area contributed by atoms with Crippen LogP contribution in [0.3, 0.4) is 0 Å². The Morgan fingerprint density at radius 3 is 1.98 bits per heavy atom. The minimum absolute atomic E-state index is 0.0572. The molecule has 0 radical (unpaired) electrons. The van der Waals surface area contributed by atoms with Crippen LogP contribution in [0.2, 0.25) is 0 Å². The Bertz CT molecular complexity index is 2390. The lowest BCUT2D eigenvalue weighted by Crippen LogP contribution is -2.54. The first-order valence-electron chi connectivity index (χ1n) is 18.3. The van der Waals surface area contributed by atoms with Crippen LogP contribution in [0.15, 0.2) is 139 Å². The first-order chi connectivity index (χ1) is 26.4. The lowest BCUT2D eigenvalue weighted by molar-refractivity contribution is -0.122. The number of nitrogens with one attached hydrogen (secondary N) is 1. The molecule has 8 heteroatoms. The predicted octanol–water partition coefficient (Wildman–Crippen LogP) is 9.10. The van der Waals surface area contributed by atoms with Gasteiger partial charge in [0.25, 0.3) is 11.8 Å². The third kappa shape index (κ3) is 5.99. The van der Waals surface area contributed by atoms with Crippen molar-refractivity contribution in [3.8, 4) is 5.75 Å². The highest BCUT2D eigenvalue weighted by molar-refractivity contribution is 6.39. The molecule has 7 nitrogen and oxygen atoms in total. The minimum Gasteiger partial charge on any atom is -0.488 e. The van der Waals surface area contributed by atoms with E-state index < -0.39 is 17.8 Å². The van der Waals surface area contributed by atoms with E-state index in [-0.39, 0.29) is 29.8 Å². The van der Waals surface area contributed by atoms with Crippen molar-refractivity contribution >= 4 is 46.1 Å². The zero-order valence-electron chi connectivity index (χ0n) is 29.4. The number of anilines is 2. The second-order valence-corrected chi connectivity index (χ2v) is 14.0. The summed E-state index contributed by atoms with van der Waals surface area (Å²) in [6, 6.07) is 41.2. The average molecular weight is 714 g/mol. The number of rotatable bonds is 7. The van der Waals surface area contributed by atoms with Crippen molar-refractivity contribution < 1.29 is 23.5 Å². The highest BCUT2D eigenvalue weighted by Crippen LogP contribution is 2.50. The summed E-state index contributed by atoms with van der Waals surface area (Å²) in [5, 5.41) is 4.10. The van der Waals surface area contributed by atoms with Crippen molar-refractivity contribution in [1.82, 2.24) is 5.32 Å². The highest BCUT2D eigenvalue weighted by atomic mass is 19.1. The minimum atomic E-state index is -0.795. The van der Waals surface area contributed by atoms with Crippen LogP contribution in [-0.2, 0) is 16.2 Å². The predicted molar refractivity (Wildman–Crippen MR) is 208 cm³/mol. The summed E-state index contributed by atoms with van der Waals surface area (Å²) in [6.45, 7) is 1.95. The molecule has 1 fully saturated rings. The third-order valence-electron chi connectivity index (χ3n) is 10.9. The monoisotopic (exact) mass is 713 g/mol. The van der Waals surface area contributed by atoms with E-state index in [4.69, 9.17) is 4.74 Å². The molecule has 0 aromatic heterocycles. The van der Waals surface area contributed by atoms with Crippen molar-refractivity contribution in [2.45, 2.75) is 31.3 Å². The SMILES string of the molecule is O=C1NC(=O)N(c2cc3c4c(c2)[C@H](c2ccccc2)CCN4CC[C@@H]3c2ccccc2)C(=O)/C1=C/c1c(OCc2ccc(F)cc2)ccc2ccccc12.